The Labute approximate surface area is 118 Å². The van der Waals surface area contributed by atoms with Crippen molar-refractivity contribution < 1.29 is 13.2 Å². The summed E-state index contributed by atoms with van der Waals surface area (Å²) in [5, 5.41) is 7.02. The minimum absolute atomic E-state index is 0.0548. The zero-order valence-corrected chi connectivity index (χ0v) is 11.3. The molecule has 0 saturated carbocycles. The van der Waals surface area contributed by atoms with Crippen molar-refractivity contribution in [3.63, 3.8) is 0 Å². The molecule has 0 atom stereocenters. The van der Waals surface area contributed by atoms with Gasteiger partial charge in [-0.3, -0.25) is 4.68 Å². The number of hydrogen-bond donors (Lipinski definition) is 1. The summed E-state index contributed by atoms with van der Waals surface area (Å²) in [4.78, 5) is 3.69. The summed E-state index contributed by atoms with van der Waals surface area (Å²) in [6.45, 7) is 0.481. The third kappa shape index (κ3) is 3.63. The minimum Gasteiger partial charge on any atom is -0.368 e. The van der Waals surface area contributed by atoms with Crippen molar-refractivity contribution in [2.75, 3.05) is 11.9 Å². The van der Waals surface area contributed by atoms with E-state index in [9.17, 15) is 13.2 Å². The van der Waals surface area contributed by atoms with E-state index in [2.05, 4.69) is 15.4 Å². The fourth-order valence-corrected chi connectivity index (χ4v) is 1.86. The van der Waals surface area contributed by atoms with Crippen LogP contribution in [0.25, 0.3) is 0 Å². The SMILES string of the molecule is Cn1ccc(CCNc2ncc(C(F)(F)F)cc2Cl)n1. The van der Waals surface area contributed by atoms with Crippen LogP contribution >= 0.6 is 11.6 Å². The van der Waals surface area contributed by atoms with Gasteiger partial charge in [0.15, 0.2) is 0 Å². The lowest BCUT2D eigenvalue weighted by Gasteiger charge is -2.10. The molecule has 2 aromatic heterocycles. The molecule has 0 aliphatic carbocycles. The molecule has 1 N–H and O–H groups in total. The van der Waals surface area contributed by atoms with Gasteiger partial charge in [0.1, 0.15) is 5.82 Å². The van der Waals surface area contributed by atoms with Crippen molar-refractivity contribution in [2.24, 2.45) is 7.05 Å². The van der Waals surface area contributed by atoms with Crippen LogP contribution in [0.4, 0.5) is 19.0 Å². The van der Waals surface area contributed by atoms with Gasteiger partial charge >= 0.3 is 6.18 Å². The molecular formula is C12H12ClF3N4. The molecule has 0 aromatic carbocycles. The monoisotopic (exact) mass is 304 g/mol. The zero-order valence-electron chi connectivity index (χ0n) is 10.6. The second kappa shape index (κ2) is 5.70. The van der Waals surface area contributed by atoms with Gasteiger partial charge in [-0.05, 0) is 12.1 Å². The number of nitrogens with zero attached hydrogens (tertiary/aromatic N) is 3. The molecule has 0 radical (unpaired) electrons. The topological polar surface area (TPSA) is 42.7 Å². The van der Waals surface area contributed by atoms with E-state index in [0.717, 1.165) is 18.0 Å². The molecule has 0 fully saturated rings. The smallest absolute Gasteiger partial charge is 0.368 e. The number of aryl methyl sites for hydroxylation is 1. The van der Waals surface area contributed by atoms with E-state index in [4.69, 9.17) is 11.6 Å². The van der Waals surface area contributed by atoms with E-state index < -0.39 is 11.7 Å². The molecule has 20 heavy (non-hydrogen) atoms. The van der Waals surface area contributed by atoms with E-state index in [0.29, 0.717) is 13.0 Å². The van der Waals surface area contributed by atoms with Crippen molar-refractivity contribution in [1.29, 1.82) is 0 Å². The summed E-state index contributed by atoms with van der Waals surface area (Å²) < 4.78 is 39.0. The van der Waals surface area contributed by atoms with Crippen molar-refractivity contribution in [3.8, 4) is 0 Å². The number of pyridine rings is 1. The van der Waals surface area contributed by atoms with Gasteiger partial charge < -0.3 is 5.32 Å². The van der Waals surface area contributed by atoms with Crippen molar-refractivity contribution in [3.05, 3.63) is 40.8 Å². The first-order valence-corrected chi connectivity index (χ1v) is 6.19. The molecule has 0 saturated heterocycles. The molecule has 8 heteroatoms. The Balaban J connectivity index is 1.96. The molecule has 0 aliphatic heterocycles. The van der Waals surface area contributed by atoms with Gasteiger partial charge in [-0.1, -0.05) is 11.6 Å². The summed E-state index contributed by atoms with van der Waals surface area (Å²) in [5.41, 5.74) is 0.0146. The molecule has 2 rings (SSSR count). The predicted molar refractivity (Wildman–Crippen MR) is 69.7 cm³/mol. The maximum atomic E-state index is 12.4. The van der Waals surface area contributed by atoms with Crippen LogP contribution in [0.5, 0.6) is 0 Å². The van der Waals surface area contributed by atoms with E-state index in [1.54, 1.807) is 4.68 Å². The molecule has 2 heterocycles. The number of alkyl halides is 3. The molecule has 0 unspecified atom stereocenters. The third-order valence-electron chi connectivity index (χ3n) is 2.61. The fraction of sp³-hybridized carbons (Fsp3) is 0.333. The molecule has 0 aliphatic rings. The fourth-order valence-electron chi connectivity index (χ4n) is 1.63. The number of nitrogens with one attached hydrogen (secondary N) is 1. The molecule has 0 amide bonds. The van der Waals surface area contributed by atoms with E-state index >= 15 is 0 Å². The number of halogens is 4. The van der Waals surface area contributed by atoms with Gasteiger partial charge in [-0.2, -0.15) is 18.3 Å². The van der Waals surface area contributed by atoms with E-state index in [-0.39, 0.29) is 10.8 Å². The summed E-state index contributed by atoms with van der Waals surface area (Å²) in [6.07, 6.45) is -1.24. The number of hydrogen-bond acceptors (Lipinski definition) is 3. The van der Waals surface area contributed by atoms with Crippen LogP contribution in [-0.4, -0.2) is 21.3 Å². The lowest BCUT2D eigenvalue weighted by molar-refractivity contribution is -0.137. The van der Waals surface area contributed by atoms with E-state index in [1.807, 2.05) is 19.3 Å². The quantitative estimate of drug-likeness (QED) is 0.943. The highest BCUT2D eigenvalue weighted by molar-refractivity contribution is 6.32. The summed E-state index contributed by atoms with van der Waals surface area (Å²) in [5.74, 6) is 0.232. The lowest BCUT2D eigenvalue weighted by atomic mass is 10.2. The molecule has 108 valence electrons. The standard InChI is InChI=1S/C12H12ClF3N4/c1-20-5-3-9(19-20)2-4-17-11-10(13)6-8(7-18-11)12(14,15)16/h3,5-7H,2,4H2,1H3,(H,17,18). The molecule has 0 bridgehead atoms. The summed E-state index contributed by atoms with van der Waals surface area (Å²) in [7, 11) is 1.81. The van der Waals surface area contributed by atoms with Gasteiger partial charge in [-0.25, -0.2) is 4.98 Å². The number of anilines is 1. The highest BCUT2D eigenvalue weighted by Gasteiger charge is 2.31. The van der Waals surface area contributed by atoms with Crippen LogP contribution in [0.3, 0.4) is 0 Å². The first kappa shape index (κ1) is 14.6. The average Bonchev–Trinajstić information content (AvgIpc) is 2.76. The Kier molecular flexibility index (Phi) is 4.17. The Morgan fingerprint density at radius 1 is 1.40 bits per heavy atom. The Morgan fingerprint density at radius 3 is 2.70 bits per heavy atom. The first-order valence-electron chi connectivity index (χ1n) is 5.81. The molecule has 4 nitrogen and oxygen atoms in total. The van der Waals surface area contributed by atoms with Crippen LogP contribution < -0.4 is 5.32 Å². The summed E-state index contributed by atoms with van der Waals surface area (Å²) >= 11 is 5.78. The van der Waals surface area contributed by atoms with Gasteiger partial charge in [-0.15, -0.1) is 0 Å². The van der Waals surface area contributed by atoms with Gasteiger partial charge in [0.05, 0.1) is 16.3 Å². The van der Waals surface area contributed by atoms with E-state index in [1.165, 1.54) is 0 Å². The number of aromatic nitrogens is 3. The Morgan fingerprint density at radius 2 is 2.15 bits per heavy atom. The second-order valence-electron chi connectivity index (χ2n) is 4.21. The first-order chi connectivity index (χ1) is 9.36. The molecule has 0 spiro atoms. The van der Waals surface area contributed by atoms with Crippen LogP contribution in [0.1, 0.15) is 11.3 Å². The third-order valence-corrected chi connectivity index (χ3v) is 2.90. The maximum absolute atomic E-state index is 12.4. The molecular weight excluding hydrogens is 293 g/mol. The highest BCUT2D eigenvalue weighted by atomic mass is 35.5. The predicted octanol–water partition coefficient (Wildman–Crippen LogP) is 3.14. The Bertz CT molecular complexity index is 595. The minimum atomic E-state index is -4.44. The molecule has 2 aromatic rings. The van der Waals surface area contributed by atoms with Crippen LogP contribution in [0.2, 0.25) is 5.02 Å². The van der Waals surface area contributed by atoms with Crippen molar-refractivity contribution in [1.82, 2.24) is 14.8 Å². The Hall–Kier alpha value is -1.76. The van der Waals surface area contributed by atoms with Crippen molar-refractivity contribution >= 4 is 17.4 Å². The average molecular weight is 305 g/mol. The van der Waals surface area contributed by atoms with Gasteiger partial charge in [0, 0.05) is 32.4 Å². The van der Waals surface area contributed by atoms with Crippen LogP contribution in [-0.2, 0) is 19.6 Å². The van der Waals surface area contributed by atoms with Crippen LogP contribution in [0.15, 0.2) is 24.5 Å². The van der Waals surface area contributed by atoms with Gasteiger partial charge in [0.25, 0.3) is 0 Å². The lowest BCUT2D eigenvalue weighted by Crippen LogP contribution is -2.10. The number of rotatable bonds is 4. The second-order valence-corrected chi connectivity index (χ2v) is 4.62. The zero-order chi connectivity index (χ0) is 14.8. The van der Waals surface area contributed by atoms with Crippen molar-refractivity contribution in [2.45, 2.75) is 12.6 Å². The van der Waals surface area contributed by atoms with Crippen LogP contribution in [0, 0.1) is 0 Å². The van der Waals surface area contributed by atoms with Gasteiger partial charge in [0.2, 0.25) is 0 Å². The normalized spacial score (nSPS) is 11.7. The highest BCUT2D eigenvalue weighted by Crippen LogP contribution is 2.32. The summed E-state index contributed by atoms with van der Waals surface area (Å²) in [6, 6.07) is 2.72. The largest absolute Gasteiger partial charge is 0.417 e. The maximum Gasteiger partial charge on any atom is 0.417 e.